The lowest BCUT2D eigenvalue weighted by Gasteiger charge is -2.36. The highest BCUT2D eigenvalue weighted by atomic mass is 127. The summed E-state index contributed by atoms with van der Waals surface area (Å²) in [4.78, 5) is 21.4. The topological polar surface area (TPSA) is 83.5 Å². The van der Waals surface area contributed by atoms with Crippen molar-refractivity contribution in [3.8, 4) is 0 Å². The summed E-state index contributed by atoms with van der Waals surface area (Å²) in [6.07, 6.45) is 5.09. The zero-order valence-corrected chi connectivity index (χ0v) is 19.3. The fourth-order valence-electron chi connectivity index (χ4n) is 3.64. The van der Waals surface area contributed by atoms with Crippen LogP contribution in [0.15, 0.2) is 50.6 Å². The molecule has 4 rings (SSSR count). The molecule has 2 saturated heterocycles. The summed E-state index contributed by atoms with van der Waals surface area (Å²) < 4.78 is 16.1. The molecule has 0 aliphatic carbocycles. The van der Waals surface area contributed by atoms with Crippen LogP contribution in [0.5, 0.6) is 0 Å². The van der Waals surface area contributed by atoms with Crippen molar-refractivity contribution in [3.05, 3.63) is 48.3 Å². The maximum Gasteiger partial charge on any atom is 0.289 e. The van der Waals surface area contributed by atoms with Gasteiger partial charge in [-0.2, -0.15) is 0 Å². The number of aliphatic imine (C=N–C) groups is 1. The van der Waals surface area contributed by atoms with Crippen molar-refractivity contribution in [3.63, 3.8) is 0 Å². The van der Waals surface area contributed by atoms with Gasteiger partial charge in [-0.15, -0.1) is 24.0 Å². The molecule has 1 atom stereocenters. The van der Waals surface area contributed by atoms with Crippen LogP contribution in [-0.4, -0.2) is 74.1 Å². The van der Waals surface area contributed by atoms with E-state index in [1.54, 1.807) is 18.4 Å². The van der Waals surface area contributed by atoms with Crippen LogP contribution in [0, 0.1) is 5.92 Å². The number of carbonyl (C=O) groups is 1. The lowest BCUT2D eigenvalue weighted by atomic mass is 10.1. The molecule has 0 bridgehead atoms. The molecule has 1 amide bonds. The van der Waals surface area contributed by atoms with Gasteiger partial charge >= 0.3 is 0 Å². The second-order valence-corrected chi connectivity index (χ2v) is 7.41. The molecule has 9 heteroatoms. The van der Waals surface area contributed by atoms with Crippen molar-refractivity contribution in [1.82, 2.24) is 15.1 Å². The highest BCUT2D eigenvalue weighted by Crippen LogP contribution is 2.13. The molecule has 8 nitrogen and oxygen atoms in total. The molecule has 1 unspecified atom stereocenters. The number of halogens is 1. The molecule has 2 fully saturated rings. The number of nitrogens with one attached hydrogen (secondary N) is 1. The maximum atomic E-state index is 12.5. The van der Waals surface area contributed by atoms with Crippen LogP contribution >= 0.6 is 24.0 Å². The number of amides is 1. The second-order valence-electron chi connectivity index (χ2n) is 7.41. The van der Waals surface area contributed by atoms with Gasteiger partial charge in [-0.25, -0.2) is 0 Å². The standard InChI is InChI=1S/C21H28N4O4.HI/c26-20(19-4-2-13-29-19)24-8-10-25(11-9-24)21(23-15-17-6-14-27-16-17)22-7-5-18-3-1-12-28-18;/h1-4,12-13,17H,5-11,14-16H2,(H,22,23);1H. The fourth-order valence-corrected chi connectivity index (χ4v) is 3.64. The van der Waals surface area contributed by atoms with Gasteiger partial charge in [-0.1, -0.05) is 0 Å². The van der Waals surface area contributed by atoms with Gasteiger partial charge in [-0.3, -0.25) is 9.79 Å². The molecule has 2 aliphatic rings. The lowest BCUT2D eigenvalue weighted by molar-refractivity contribution is 0.0657. The minimum Gasteiger partial charge on any atom is -0.469 e. The van der Waals surface area contributed by atoms with Crippen molar-refractivity contribution in [1.29, 1.82) is 0 Å². The Morgan fingerprint density at radius 2 is 1.87 bits per heavy atom. The molecule has 0 saturated carbocycles. The van der Waals surface area contributed by atoms with Crippen LogP contribution in [0.25, 0.3) is 0 Å². The number of rotatable bonds is 6. The molecule has 0 radical (unpaired) electrons. The van der Waals surface area contributed by atoms with Crippen LogP contribution in [-0.2, 0) is 11.2 Å². The van der Waals surface area contributed by atoms with Crippen LogP contribution in [0.4, 0.5) is 0 Å². The number of ether oxygens (including phenoxy) is 1. The summed E-state index contributed by atoms with van der Waals surface area (Å²) >= 11 is 0. The van der Waals surface area contributed by atoms with Gasteiger partial charge < -0.3 is 28.7 Å². The highest BCUT2D eigenvalue weighted by molar-refractivity contribution is 14.0. The number of hydrogen-bond donors (Lipinski definition) is 1. The lowest BCUT2D eigenvalue weighted by Crippen LogP contribution is -2.54. The first-order chi connectivity index (χ1) is 14.3. The number of piperazine rings is 1. The third kappa shape index (κ3) is 6.00. The molecule has 4 heterocycles. The molecule has 1 N–H and O–H groups in total. The van der Waals surface area contributed by atoms with Gasteiger partial charge in [0.2, 0.25) is 0 Å². The molecule has 30 heavy (non-hydrogen) atoms. The minimum absolute atomic E-state index is 0. The van der Waals surface area contributed by atoms with Crippen LogP contribution in [0.2, 0.25) is 0 Å². The van der Waals surface area contributed by atoms with E-state index < -0.39 is 0 Å². The fraction of sp³-hybridized carbons (Fsp3) is 0.524. The highest BCUT2D eigenvalue weighted by Gasteiger charge is 2.25. The van der Waals surface area contributed by atoms with Crippen molar-refractivity contribution >= 4 is 35.8 Å². The van der Waals surface area contributed by atoms with Gasteiger partial charge in [0, 0.05) is 58.2 Å². The minimum atomic E-state index is -0.0537. The Kier molecular flexibility index (Phi) is 8.61. The van der Waals surface area contributed by atoms with Crippen molar-refractivity contribution in [2.75, 3.05) is 52.5 Å². The van der Waals surface area contributed by atoms with Gasteiger partial charge in [0.05, 0.1) is 19.1 Å². The average molecular weight is 528 g/mol. The van der Waals surface area contributed by atoms with E-state index in [4.69, 9.17) is 18.6 Å². The van der Waals surface area contributed by atoms with E-state index in [2.05, 4.69) is 10.2 Å². The predicted octanol–water partition coefficient (Wildman–Crippen LogP) is 2.47. The Hall–Kier alpha value is -2.01. The molecule has 164 valence electrons. The van der Waals surface area contributed by atoms with E-state index in [0.29, 0.717) is 24.8 Å². The third-order valence-electron chi connectivity index (χ3n) is 5.36. The first kappa shape index (κ1) is 22.7. The number of carbonyl (C=O) groups excluding carboxylic acids is 1. The summed E-state index contributed by atoms with van der Waals surface area (Å²) in [7, 11) is 0. The quantitative estimate of drug-likeness (QED) is 0.353. The molecule has 2 aromatic heterocycles. The van der Waals surface area contributed by atoms with Crippen LogP contribution < -0.4 is 5.32 Å². The van der Waals surface area contributed by atoms with E-state index in [0.717, 1.165) is 64.0 Å². The van der Waals surface area contributed by atoms with E-state index in [1.165, 1.54) is 6.26 Å². The molecule has 2 aromatic rings. The Morgan fingerprint density at radius 3 is 2.53 bits per heavy atom. The molecule has 2 aliphatic heterocycles. The predicted molar refractivity (Wildman–Crippen MR) is 123 cm³/mol. The summed E-state index contributed by atoms with van der Waals surface area (Å²) in [6, 6.07) is 7.33. The van der Waals surface area contributed by atoms with Crippen molar-refractivity contribution in [2.24, 2.45) is 10.9 Å². The second kappa shape index (κ2) is 11.4. The Bertz CT molecular complexity index is 780. The van der Waals surface area contributed by atoms with Gasteiger partial charge in [0.25, 0.3) is 5.91 Å². The van der Waals surface area contributed by atoms with E-state index in [-0.39, 0.29) is 29.9 Å². The van der Waals surface area contributed by atoms with Gasteiger partial charge in [0.1, 0.15) is 5.76 Å². The summed E-state index contributed by atoms with van der Waals surface area (Å²) in [6.45, 7) is 5.88. The first-order valence-corrected chi connectivity index (χ1v) is 10.3. The number of nitrogens with zero attached hydrogens (tertiary/aromatic N) is 3. The van der Waals surface area contributed by atoms with Crippen molar-refractivity contribution in [2.45, 2.75) is 12.8 Å². The monoisotopic (exact) mass is 528 g/mol. The number of guanidine groups is 1. The summed E-state index contributed by atoms with van der Waals surface area (Å²) in [5.41, 5.74) is 0. The van der Waals surface area contributed by atoms with E-state index in [1.807, 2.05) is 17.0 Å². The Morgan fingerprint density at radius 1 is 1.10 bits per heavy atom. The number of furan rings is 2. The SMILES string of the molecule is I.O=C(c1ccco1)N1CCN(C(=NCC2CCOC2)NCCc2ccco2)CC1. The average Bonchev–Trinajstić information content (AvgIpc) is 3.53. The van der Waals surface area contributed by atoms with Crippen LogP contribution in [0.1, 0.15) is 22.7 Å². The Balaban J connectivity index is 0.00000256. The maximum absolute atomic E-state index is 12.5. The smallest absolute Gasteiger partial charge is 0.289 e. The van der Waals surface area contributed by atoms with E-state index >= 15 is 0 Å². The zero-order chi connectivity index (χ0) is 19.9. The summed E-state index contributed by atoms with van der Waals surface area (Å²) in [5, 5.41) is 3.48. The molecule has 0 aromatic carbocycles. The molecular formula is C21H29IN4O4. The van der Waals surface area contributed by atoms with E-state index in [9.17, 15) is 4.79 Å². The molecule has 0 spiro atoms. The van der Waals surface area contributed by atoms with Crippen molar-refractivity contribution < 1.29 is 18.4 Å². The number of hydrogen-bond acceptors (Lipinski definition) is 5. The van der Waals surface area contributed by atoms with Gasteiger partial charge in [0.15, 0.2) is 11.7 Å². The summed E-state index contributed by atoms with van der Waals surface area (Å²) in [5.74, 6) is 2.68. The normalized spacial score (nSPS) is 19.6. The Labute approximate surface area is 193 Å². The van der Waals surface area contributed by atoms with Crippen LogP contribution in [0.3, 0.4) is 0 Å². The zero-order valence-electron chi connectivity index (χ0n) is 17.0. The largest absolute Gasteiger partial charge is 0.469 e. The molecular weight excluding hydrogens is 499 g/mol. The third-order valence-corrected chi connectivity index (χ3v) is 5.36. The van der Waals surface area contributed by atoms with Gasteiger partial charge in [-0.05, 0) is 30.7 Å². The first-order valence-electron chi connectivity index (χ1n) is 10.3.